The smallest absolute Gasteiger partial charge is 0.263 e. The molecule has 2 aromatic rings. The Bertz CT molecular complexity index is 742. The van der Waals surface area contributed by atoms with Gasteiger partial charge in [0.1, 0.15) is 4.90 Å². The van der Waals surface area contributed by atoms with Crippen LogP contribution in [0.1, 0.15) is 10.4 Å². The van der Waals surface area contributed by atoms with E-state index in [0.29, 0.717) is 16.0 Å². The molecule has 0 aliphatic rings. The number of benzene rings is 1. The van der Waals surface area contributed by atoms with Crippen LogP contribution in [0.3, 0.4) is 0 Å². The molecular weight excluding hydrogens is 428 g/mol. The highest BCUT2D eigenvalue weighted by molar-refractivity contribution is 9.11. The molecule has 1 aromatic carbocycles. The van der Waals surface area contributed by atoms with Gasteiger partial charge in [0, 0.05) is 15.9 Å². The van der Waals surface area contributed by atoms with Crippen LogP contribution in [0.15, 0.2) is 37.4 Å². The number of rotatable bonds is 4. The first-order valence-electron chi connectivity index (χ1n) is 5.61. The number of hydrogen-bond acceptors (Lipinski definition) is 4. The van der Waals surface area contributed by atoms with Crippen molar-refractivity contribution in [3.63, 3.8) is 0 Å². The Labute approximate surface area is 138 Å². The molecule has 0 spiro atoms. The second kappa shape index (κ2) is 6.15. The molecule has 0 saturated heterocycles. The molecule has 0 radical (unpaired) electrons. The number of aryl methyl sites for hydroxylation is 1. The summed E-state index contributed by atoms with van der Waals surface area (Å²) >= 11 is 7.98. The van der Waals surface area contributed by atoms with Crippen LogP contribution in [-0.4, -0.2) is 8.42 Å². The van der Waals surface area contributed by atoms with Gasteiger partial charge in [0.2, 0.25) is 0 Å². The standard InChI is InChI=1S/C12H12Br2N2O2S2/c1-7-3-2-4-9(11(7)13)16-20(17,18)10-5-8(6-15)19-12(10)14/h2-5,16H,6,15H2,1H3. The van der Waals surface area contributed by atoms with Crippen molar-refractivity contribution in [2.75, 3.05) is 4.72 Å². The molecule has 0 fully saturated rings. The molecule has 20 heavy (non-hydrogen) atoms. The molecular formula is C12H12Br2N2O2S2. The molecule has 2 rings (SSSR count). The summed E-state index contributed by atoms with van der Waals surface area (Å²) < 4.78 is 28.7. The van der Waals surface area contributed by atoms with E-state index in [2.05, 4.69) is 36.6 Å². The average molecular weight is 440 g/mol. The molecule has 1 heterocycles. The molecule has 0 saturated carbocycles. The lowest BCUT2D eigenvalue weighted by Gasteiger charge is -2.10. The van der Waals surface area contributed by atoms with Crippen LogP contribution in [0.25, 0.3) is 0 Å². The lowest BCUT2D eigenvalue weighted by atomic mass is 10.2. The summed E-state index contributed by atoms with van der Waals surface area (Å²) in [6.07, 6.45) is 0. The molecule has 4 nitrogen and oxygen atoms in total. The lowest BCUT2D eigenvalue weighted by Crippen LogP contribution is -2.13. The molecule has 3 N–H and O–H groups in total. The van der Waals surface area contributed by atoms with Crippen molar-refractivity contribution >= 4 is 58.9 Å². The van der Waals surface area contributed by atoms with E-state index in [9.17, 15) is 8.42 Å². The first-order valence-corrected chi connectivity index (χ1v) is 9.50. The molecule has 0 unspecified atom stereocenters. The minimum absolute atomic E-state index is 0.205. The van der Waals surface area contributed by atoms with Crippen LogP contribution in [-0.2, 0) is 16.6 Å². The van der Waals surface area contributed by atoms with E-state index in [1.54, 1.807) is 18.2 Å². The van der Waals surface area contributed by atoms with Crippen molar-refractivity contribution < 1.29 is 8.42 Å². The van der Waals surface area contributed by atoms with Crippen LogP contribution in [0.4, 0.5) is 5.69 Å². The topological polar surface area (TPSA) is 72.2 Å². The van der Waals surface area contributed by atoms with Gasteiger partial charge in [-0.1, -0.05) is 12.1 Å². The first-order chi connectivity index (χ1) is 9.35. The second-order valence-electron chi connectivity index (χ2n) is 4.10. The highest BCUT2D eigenvalue weighted by atomic mass is 79.9. The van der Waals surface area contributed by atoms with Crippen molar-refractivity contribution in [3.05, 3.63) is 43.0 Å². The Kier molecular flexibility index (Phi) is 4.91. The number of sulfonamides is 1. The lowest BCUT2D eigenvalue weighted by molar-refractivity contribution is 0.601. The zero-order valence-electron chi connectivity index (χ0n) is 10.5. The van der Waals surface area contributed by atoms with Crippen LogP contribution in [0.5, 0.6) is 0 Å². The van der Waals surface area contributed by atoms with Crippen LogP contribution in [0.2, 0.25) is 0 Å². The number of halogens is 2. The molecule has 0 bridgehead atoms. The highest BCUT2D eigenvalue weighted by Gasteiger charge is 2.21. The summed E-state index contributed by atoms with van der Waals surface area (Å²) in [5.41, 5.74) is 7.01. The van der Waals surface area contributed by atoms with E-state index >= 15 is 0 Å². The van der Waals surface area contributed by atoms with E-state index in [-0.39, 0.29) is 4.90 Å². The van der Waals surface area contributed by atoms with Gasteiger partial charge in [-0.05, 0) is 56.5 Å². The molecule has 108 valence electrons. The van der Waals surface area contributed by atoms with Crippen LogP contribution >= 0.6 is 43.2 Å². The van der Waals surface area contributed by atoms with Crippen molar-refractivity contribution in [2.24, 2.45) is 5.73 Å². The summed E-state index contributed by atoms with van der Waals surface area (Å²) in [6.45, 7) is 2.21. The number of anilines is 1. The number of nitrogens with one attached hydrogen (secondary N) is 1. The summed E-state index contributed by atoms with van der Waals surface area (Å²) in [7, 11) is -3.64. The fourth-order valence-corrected chi connectivity index (χ4v) is 5.74. The SMILES string of the molecule is Cc1cccc(NS(=O)(=O)c2cc(CN)sc2Br)c1Br. The zero-order valence-corrected chi connectivity index (χ0v) is 15.3. The monoisotopic (exact) mass is 438 g/mol. The quantitative estimate of drug-likeness (QED) is 0.759. The number of thiophene rings is 1. The molecule has 0 aliphatic heterocycles. The number of nitrogens with two attached hydrogens (primary N) is 1. The summed E-state index contributed by atoms with van der Waals surface area (Å²) in [5, 5.41) is 0. The zero-order chi connectivity index (χ0) is 14.9. The molecule has 8 heteroatoms. The second-order valence-corrected chi connectivity index (χ2v) is 9.00. The van der Waals surface area contributed by atoms with Crippen LogP contribution in [0, 0.1) is 6.92 Å². The van der Waals surface area contributed by atoms with E-state index in [1.807, 2.05) is 13.0 Å². The largest absolute Gasteiger partial charge is 0.326 e. The third-order valence-corrected chi connectivity index (χ3v) is 7.33. The molecule has 1 aromatic heterocycles. The van der Waals surface area contributed by atoms with Gasteiger partial charge in [-0.25, -0.2) is 8.42 Å². The number of hydrogen-bond donors (Lipinski definition) is 2. The van der Waals surface area contributed by atoms with Gasteiger partial charge >= 0.3 is 0 Å². The van der Waals surface area contributed by atoms with Crippen molar-refractivity contribution in [1.29, 1.82) is 0 Å². The molecule has 0 aliphatic carbocycles. The minimum Gasteiger partial charge on any atom is -0.326 e. The van der Waals surface area contributed by atoms with E-state index < -0.39 is 10.0 Å². The van der Waals surface area contributed by atoms with Gasteiger partial charge in [-0.2, -0.15) is 0 Å². The Morgan fingerprint density at radius 1 is 1.35 bits per heavy atom. The summed E-state index contributed by atoms with van der Waals surface area (Å²) in [4.78, 5) is 1.01. The predicted octanol–water partition coefficient (Wildman–Crippen LogP) is 3.84. The molecule has 0 atom stereocenters. The fourth-order valence-electron chi connectivity index (χ4n) is 1.61. The summed E-state index contributed by atoms with van der Waals surface area (Å²) in [5.74, 6) is 0. The van der Waals surface area contributed by atoms with Gasteiger partial charge in [0.25, 0.3) is 10.0 Å². The maximum absolute atomic E-state index is 12.4. The van der Waals surface area contributed by atoms with Crippen molar-refractivity contribution in [2.45, 2.75) is 18.4 Å². The molecule has 0 amide bonds. The van der Waals surface area contributed by atoms with E-state index in [4.69, 9.17) is 5.73 Å². The summed E-state index contributed by atoms with van der Waals surface area (Å²) in [6, 6.07) is 6.99. The van der Waals surface area contributed by atoms with Crippen molar-refractivity contribution in [1.82, 2.24) is 0 Å². The Morgan fingerprint density at radius 3 is 2.65 bits per heavy atom. The van der Waals surface area contributed by atoms with E-state index in [1.165, 1.54) is 11.3 Å². The van der Waals surface area contributed by atoms with Crippen molar-refractivity contribution in [3.8, 4) is 0 Å². The fraction of sp³-hybridized carbons (Fsp3) is 0.167. The van der Waals surface area contributed by atoms with Gasteiger partial charge < -0.3 is 5.73 Å². The Morgan fingerprint density at radius 2 is 2.05 bits per heavy atom. The first kappa shape index (κ1) is 16.0. The predicted molar refractivity (Wildman–Crippen MR) is 89.6 cm³/mol. The third-order valence-electron chi connectivity index (χ3n) is 2.63. The normalized spacial score (nSPS) is 11.6. The maximum atomic E-state index is 12.4. The van der Waals surface area contributed by atoms with Gasteiger partial charge in [-0.3, -0.25) is 4.72 Å². The Balaban J connectivity index is 2.40. The average Bonchev–Trinajstić information content (AvgIpc) is 2.77. The minimum atomic E-state index is -3.64. The maximum Gasteiger partial charge on any atom is 0.263 e. The Hall–Kier alpha value is -0.410. The van der Waals surface area contributed by atoms with Gasteiger partial charge in [0.05, 0.1) is 9.47 Å². The highest BCUT2D eigenvalue weighted by Crippen LogP contribution is 2.34. The van der Waals surface area contributed by atoms with Gasteiger partial charge in [0.15, 0.2) is 0 Å². The van der Waals surface area contributed by atoms with Gasteiger partial charge in [-0.15, -0.1) is 11.3 Å². The third kappa shape index (κ3) is 3.25. The van der Waals surface area contributed by atoms with E-state index in [0.717, 1.165) is 14.9 Å². The van der Waals surface area contributed by atoms with Crippen LogP contribution < -0.4 is 10.5 Å².